The van der Waals surface area contributed by atoms with Crippen LogP contribution < -0.4 is 5.32 Å². The molecule has 2 aromatic carbocycles. The molecule has 0 saturated carbocycles. The molecule has 2 aromatic rings. The minimum absolute atomic E-state index is 0.172. The van der Waals surface area contributed by atoms with Crippen molar-refractivity contribution in [2.24, 2.45) is 0 Å². The Bertz CT molecular complexity index is 657. The van der Waals surface area contributed by atoms with Crippen molar-refractivity contribution in [3.8, 4) is 6.07 Å². The number of carbonyl (C=O) groups excluding carboxylic acids is 1. The van der Waals surface area contributed by atoms with E-state index in [1.807, 2.05) is 31.2 Å². The van der Waals surface area contributed by atoms with Crippen LogP contribution in [0.1, 0.15) is 21.5 Å². The van der Waals surface area contributed by atoms with Gasteiger partial charge in [-0.3, -0.25) is 4.79 Å². The molecule has 0 aromatic heterocycles. The topological polar surface area (TPSA) is 52.9 Å². The molecular weight excluding hydrogens is 351 g/mol. The van der Waals surface area contributed by atoms with Crippen LogP contribution in [-0.2, 0) is 0 Å². The summed E-state index contributed by atoms with van der Waals surface area (Å²) in [4.78, 5) is 12.1. The highest BCUT2D eigenvalue weighted by atomic mass is 127. The summed E-state index contributed by atoms with van der Waals surface area (Å²) in [6.45, 7) is 1.95. The van der Waals surface area contributed by atoms with Crippen LogP contribution in [0.15, 0.2) is 42.5 Å². The number of benzene rings is 2. The number of nitrogens with one attached hydrogen (secondary N) is 1. The van der Waals surface area contributed by atoms with Gasteiger partial charge in [-0.1, -0.05) is 0 Å². The van der Waals surface area contributed by atoms with Crippen LogP contribution in [0.3, 0.4) is 0 Å². The molecule has 0 bridgehead atoms. The number of aryl methyl sites for hydroxylation is 1. The molecule has 1 N–H and O–H groups in total. The Morgan fingerprint density at radius 1 is 1.21 bits per heavy atom. The van der Waals surface area contributed by atoms with Gasteiger partial charge in [-0.25, -0.2) is 0 Å². The van der Waals surface area contributed by atoms with Gasteiger partial charge < -0.3 is 5.32 Å². The fourth-order valence-electron chi connectivity index (χ4n) is 1.66. The maximum absolute atomic E-state index is 12.1. The highest BCUT2D eigenvalue weighted by Crippen LogP contribution is 2.18. The Morgan fingerprint density at radius 2 is 1.89 bits per heavy atom. The number of anilines is 1. The quantitative estimate of drug-likeness (QED) is 0.828. The molecule has 0 aliphatic heterocycles. The molecule has 19 heavy (non-hydrogen) atoms. The Hall–Kier alpha value is -1.87. The van der Waals surface area contributed by atoms with Crippen LogP contribution in [0.25, 0.3) is 0 Å². The molecule has 0 aliphatic rings. The molecule has 3 nitrogen and oxygen atoms in total. The molecule has 0 aliphatic carbocycles. The number of hydrogen-bond donors (Lipinski definition) is 1. The molecule has 0 atom stereocenters. The van der Waals surface area contributed by atoms with Crippen LogP contribution in [0.5, 0.6) is 0 Å². The van der Waals surface area contributed by atoms with Crippen molar-refractivity contribution in [1.29, 1.82) is 5.26 Å². The molecule has 0 radical (unpaired) electrons. The third-order valence-corrected chi connectivity index (χ3v) is 3.38. The van der Waals surface area contributed by atoms with E-state index in [9.17, 15) is 4.79 Å². The average Bonchev–Trinajstić information content (AvgIpc) is 2.42. The first-order valence-electron chi connectivity index (χ1n) is 5.68. The van der Waals surface area contributed by atoms with Crippen molar-refractivity contribution >= 4 is 34.2 Å². The summed E-state index contributed by atoms with van der Waals surface area (Å²) in [6.07, 6.45) is 0. The van der Waals surface area contributed by atoms with Crippen molar-refractivity contribution in [2.45, 2.75) is 6.92 Å². The second kappa shape index (κ2) is 5.85. The summed E-state index contributed by atoms with van der Waals surface area (Å²) >= 11 is 2.23. The van der Waals surface area contributed by atoms with E-state index in [2.05, 4.69) is 27.9 Å². The van der Waals surface area contributed by atoms with Gasteiger partial charge in [-0.2, -0.15) is 5.26 Å². The number of rotatable bonds is 2. The van der Waals surface area contributed by atoms with Gasteiger partial charge in [0.2, 0.25) is 0 Å². The van der Waals surface area contributed by atoms with Crippen LogP contribution in [0, 0.1) is 21.8 Å². The third kappa shape index (κ3) is 3.32. The highest BCUT2D eigenvalue weighted by molar-refractivity contribution is 14.1. The summed E-state index contributed by atoms with van der Waals surface area (Å²) in [6, 6.07) is 14.4. The maximum atomic E-state index is 12.1. The van der Waals surface area contributed by atoms with E-state index in [1.54, 1.807) is 24.3 Å². The van der Waals surface area contributed by atoms with Gasteiger partial charge in [0, 0.05) is 14.8 Å². The summed E-state index contributed by atoms with van der Waals surface area (Å²) in [5.74, 6) is -0.172. The highest BCUT2D eigenvalue weighted by Gasteiger charge is 2.07. The van der Waals surface area contributed by atoms with E-state index in [0.29, 0.717) is 11.1 Å². The number of nitriles is 1. The molecule has 0 fully saturated rings. The zero-order valence-corrected chi connectivity index (χ0v) is 12.4. The van der Waals surface area contributed by atoms with Crippen molar-refractivity contribution in [3.63, 3.8) is 0 Å². The van der Waals surface area contributed by atoms with Crippen molar-refractivity contribution in [2.75, 3.05) is 5.32 Å². The lowest BCUT2D eigenvalue weighted by Crippen LogP contribution is -2.12. The monoisotopic (exact) mass is 362 g/mol. The number of hydrogen-bond acceptors (Lipinski definition) is 2. The summed E-state index contributed by atoms with van der Waals surface area (Å²) in [5.41, 5.74) is 2.91. The van der Waals surface area contributed by atoms with Gasteiger partial charge in [0.25, 0.3) is 5.91 Å². The van der Waals surface area contributed by atoms with Gasteiger partial charge in [0.15, 0.2) is 0 Å². The predicted octanol–water partition coefficient (Wildman–Crippen LogP) is 3.72. The number of carbonyl (C=O) groups is 1. The normalized spacial score (nSPS) is 9.74. The fraction of sp³-hybridized carbons (Fsp3) is 0.0667. The number of amides is 1. The Kier molecular flexibility index (Phi) is 4.17. The third-order valence-electron chi connectivity index (χ3n) is 2.71. The zero-order chi connectivity index (χ0) is 13.8. The van der Waals surface area contributed by atoms with Crippen molar-refractivity contribution < 1.29 is 4.79 Å². The standard InChI is InChI=1S/C15H11IN2O/c1-10-8-13(16)6-7-14(10)18-15(19)12-4-2-11(9-17)3-5-12/h2-8H,1H3,(H,18,19). The SMILES string of the molecule is Cc1cc(I)ccc1NC(=O)c1ccc(C#N)cc1. The number of nitrogens with zero attached hydrogens (tertiary/aromatic N) is 1. The van der Waals surface area contributed by atoms with Crippen molar-refractivity contribution in [3.05, 3.63) is 62.7 Å². The molecule has 0 unspecified atom stereocenters. The Labute approximate surface area is 125 Å². The van der Waals surface area contributed by atoms with E-state index in [0.717, 1.165) is 14.8 Å². The van der Waals surface area contributed by atoms with Crippen molar-refractivity contribution in [1.82, 2.24) is 0 Å². The molecule has 0 spiro atoms. The second-order valence-corrected chi connectivity index (χ2v) is 5.35. The predicted molar refractivity (Wildman–Crippen MR) is 83.0 cm³/mol. The summed E-state index contributed by atoms with van der Waals surface area (Å²) in [5, 5.41) is 11.6. The molecule has 1 amide bonds. The summed E-state index contributed by atoms with van der Waals surface area (Å²) in [7, 11) is 0. The zero-order valence-electron chi connectivity index (χ0n) is 10.3. The van der Waals surface area contributed by atoms with Crippen LogP contribution >= 0.6 is 22.6 Å². The molecule has 94 valence electrons. The lowest BCUT2D eigenvalue weighted by Gasteiger charge is -2.08. The lowest BCUT2D eigenvalue weighted by molar-refractivity contribution is 0.102. The Morgan fingerprint density at radius 3 is 2.47 bits per heavy atom. The van der Waals surface area contributed by atoms with E-state index in [4.69, 9.17) is 5.26 Å². The first-order chi connectivity index (χ1) is 9.10. The van der Waals surface area contributed by atoms with Gasteiger partial charge in [0.1, 0.15) is 0 Å². The van der Waals surface area contributed by atoms with Gasteiger partial charge in [0.05, 0.1) is 11.6 Å². The van der Waals surface area contributed by atoms with Crippen LogP contribution in [-0.4, -0.2) is 5.91 Å². The fourth-order valence-corrected chi connectivity index (χ4v) is 2.30. The molecule has 0 saturated heterocycles. The second-order valence-electron chi connectivity index (χ2n) is 4.10. The smallest absolute Gasteiger partial charge is 0.255 e. The lowest BCUT2D eigenvalue weighted by atomic mass is 10.1. The van der Waals surface area contributed by atoms with Crippen LogP contribution in [0.4, 0.5) is 5.69 Å². The van der Waals surface area contributed by atoms with E-state index < -0.39 is 0 Å². The molecule has 4 heteroatoms. The van der Waals surface area contributed by atoms with Gasteiger partial charge in [-0.05, 0) is 77.5 Å². The van der Waals surface area contributed by atoms with Gasteiger partial charge >= 0.3 is 0 Å². The maximum Gasteiger partial charge on any atom is 0.255 e. The van der Waals surface area contributed by atoms with E-state index in [1.165, 1.54) is 0 Å². The number of halogens is 1. The summed E-state index contributed by atoms with van der Waals surface area (Å²) < 4.78 is 1.13. The van der Waals surface area contributed by atoms with E-state index >= 15 is 0 Å². The van der Waals surface area contributed by atoms with E-state index in [-0.39, 0.29) is 5.91 Å². The average molecular weight is 362 g/mol. The Balaban J connectivity index is 2.18. The minimum atomic E-state index is -0.172. The first-order valence-corrected chi connectivity index (χ1v) is 6.75. The molecule has 2 rings (SSSR count). The molecule has 0 heterocycles. The van der Waals surface area contributed by atoms with Crippen LogP contribution in [0.2, 0.25) is 0 Å². The minimum Gasteiger partial charge on any atom is -0.322 e. The van der Waals surface area contributed by atoms with Gasteiger partial charge in [-0.15, -0.1) is 0 Å². The first kappa shape index (κ1) is 13.6. The molecular formula is C15H11IN2O. The largest absolute Gasteiger partial charge is 0.322 e.